The second-order valence-electron chi connectivity index (χ2n) is 6.95. The molecular formula is C16H24N6O2. The molecule has 0 aliphatic carbocycles. The lowest BCUT2D eigenvalue weighted by Crippen LogP contribution is -2.51. The maximum atomic E-state index is 12.7. The Morgan fingerprint density at radius 2 is 2.29 bits per heavy atom. The Morgan fingerprint density at radius 1 is 1.50 bits per heavy atom. The molecule has 8 heteroatoms. The van der Waals surface area contributed by atoms with Crippen LogP contribution in [0.1, 0.15) is 54.6 Å². The Labute approximate surface area is 140 Å². The van der Waals surface area contributed by atoms with E-state index in [1.54, 1.807) is 21.9 Å². The first-order valence-electron chi connectivity index (χ1n) is 8.28. The first-order valence-corrected chi connectivity index (χ1v) is 8.28. The molecule has 1 atom stereocenters. The highest BCUT2D eigenvalue weighted by Gasteiger charge is 2.37. The number of aromatic amines is 1. The highest BCUT2D eigenvalue weighted by Crippen LogP contribution is 2.26. The lowest BCUT2D eigenvalue weighted by molar-refractivity contribution is -0.0259. The number of likely N-dealkylation sites (tertiary alicyclic amines) is 1. The van der Waals surface area contributed by atoms with E-state index in [2.05, 4.69) is 20.4 Å². The van der Waals surface area contributed by atoms with Crippen LogP contribution in [0.3, 0.4) is 0 Å². The third-order valence-electron chi connectivity index (χ3n) is 4.57. The molecule has 8 nitrogen and oxygen atoms in total. The number of H-pyrrole nitrogens is 1. The van der Waals surface area contributed by atoms with Crippen molar-refractivity contribution in [1.82, 2.24) is 29.9 Å². The summed E-state index contributed by atoms with van der Waals surface area (Å²) in [6.45, 7) is 5.00. The molecule has 1 amide bonds. The van der Waals surface area contributed by atoms with Crippen LogP contribution in [0.4, 0.5) is 0 Å². The van der Waals surface area contributed by atoms with E-state index in [1.807, 2.05) is 20.9 Å². The van der Waals surface area contributed by atoms with Gasteiger partial charge in [-0.05, 0) is 24.8 Å². The van der Waals surface area contributed by atoms with Crippen LogP contribution in [0.2, 0.25) is 0 Å². The summed E-state index contributed by atoms with van der Waals surface area (Å²) in [5, 5.41) is 25.8. The van der Waals surface area contributed by atoms with Crippen molar-refractivity contribution in [3.05, 3.63) is 29.6 Å². The molecular weight excluding hydrogens is 308 g/mol. The van der Waals surface area contributed by atoms with Gasteiger partial charge in [0, 0.05) is 25.7 Å². The highest BCUT2D eigenvalue weighted by atomic mass is 16.3. The lowest BCUT2D eigenvalue weighted by atomic mass is 9.89. The number of aliphatic hydroxyl groups is 1. The summed E-state index contributed by atoms with van der Waals surface area (Å²) in [7, 11) is 1.85. The number of aryl methyl sites for hydroxylation is 1. The standard InChI is InChI=1S/C16H24N6O2/c1-11(2)12-7-13(19-18-12)15(23)22-6-4-5-16(24,9-22)8-14-20-17-10-21(14)3/h7,10-11,24H,4-6,8-9H2,1-3H3,(H,18,19). The van der Waals surface area contributed by atoms with Gasteiger partial charge in [-0.15, -0.1) is 10.2 Å². The van der Waals surface area contributed by atoms with Gasteiger partial charge in [-0.3, -0.25) is 9.89 Å². The van der Waals surface area contributed by atoms with E-state index in [-0.39, 0.29) is 18.4 Å². The van der Waals surface area contributed by atoms with E-state index in [4.69, 9.17) is 0 Å². The van der Waals surface area contributed by atoms with Gasteiger partial charge < -0.3 is 14.6 Å². The zero-order chi connectivity index (χ0) is 17.3. The molecule has 2 N–H and O–H groups in total. The first-order chi connectivity index (χ1) is 11.4. The van der Waals surface area contributed by atoms with Crippen molar-refractivity contribution in [3.63, 3.8) is 0 Å². The summed E-state index contributed by atoms with van der Waals surface area (Å²) in [4.78, 5) is 14.4. The second kappa shape index (κ2) is 6.35. The van der Waals surface area contributed by atoms with Crippen molar-refractivity contribution in [2.24, 2.45) is 7.05 Å². The van der Waals surface area contributed by atoms with Gasteiger partial charge >= 0.3 is 0 Å². The van der Waals surface area contributed by atoms with Crippen molar-refractivity contribution in [1.29, 1.82) is 0 Å². The van der Waals surface area contributed by atoms with Gasteiger partial charge in [-0.2, -0.15) is 5.10 Å². The largest absolute Gasteiger partial charge is 0.388 e. The molecule has 3 rings (SSSR count). The van der Waals surface area contributed by atoms with E-state index < -0.39 is 5.60 Å². The smallest absolute Gasteiger partial charge is 0.274 e. The van der Waals surface area contributed by atoms with Gasteiger partial charge in [0.1, 0.15) is 17.8 Å². The third-order valence-corrected chi connectivity index (χ3v) is 4.57. The zero-order valence-corrected chi connectivity index (χ0v) is 14.4. The molecule has 3 heterocycles. The molecule has 0 bridgehead atoms. The maximum absolute atomic E-state index is 12.7. The molecule has 0 aromatic carbocycles. The van der Waals surface area contributed by atoms with Gasteiger partial charge in [-0.1, -0.05) is 13.8 Å². The Balaban J connectivity index is 1.72. The Morgan fingerprint density at radius 3 is 2.92 bits per heavy atom. The van der Waals surface area contributed by atoms with Gasteiger partial charge in [0.15, 0.2) is 0 Å². The molecule has 1 aliphatic heterocycles. The number of amides is 1. The maximum Gasteiger partial charge on any atom is 0.274 e. The summed E-state index contributed by atoms with van der Waals surface area (Å²) in [5.74, 6) is 0.858. The number of carbonyl (C=O) groups is 1. The van der Waals surface area contributed by atoms with Gasteiger partial charge in [-0.25, -0.2) is 0 Å². The van der Waals surface area contributed by atoms with Crippen LogP contribution in [0.15, 0.2) is 12.4 Å². The van der Waals surface area contributed by atoms with Crippen LogP contribution in [-0.4, -0.2) is 59.6 Å². The summed E-state index contributed by atoms with van der Waals surface area (Å²) in [6, 6.07) is 1.79. The minimum absolute atomic E-state index is 0.144. The molecule has 1 fully saturated rings. The van der Waals surface area contributed by atoms with E-state index in [0.29, 0.717) is 30.9 Å². The molecule has 24 heavy (non-hydrogen) atoms. The van der Waals surface area contributed by atoms with Crippen LogP contribution in [-0.2, 0) is 13.5 Å². The molecule has 130 valence electrons. The fourth-order valence-corrected chi connectivity index (χ4v) is 3.10. The monoisotopic (exact) mass is 332 g/mol. The molecule has 1 aliphatic rings. The number of hydrogen-bond acceptors (Lipinski definition) is 5. The summed E-state index contributed by atoms with van der Waals surface area (Å²) >= 11 is 0. The Hall–Kier alpha value is -2.22. The SMILES string of the molecule is CC(C)c1cc(C(=O)N2CCCC(O)(Cc3nncn3C)C2)n[nH]1. The van der Waals surface area contributed by atoms with Gasteiger partial charge in [0.05, 0.1) is 12.1 Å². The highest BCUT2D eigenvalue weighted by molar-refractivity contribution is 5.92. The fourth-order valence-electron chi connectivity index (χ4n) is 3.10. The van der Waals surface area contributed by atoms with Crippen LogP contribution in [0.5, 0.6) is 0 Å². The molecule has 0 saturated carbocycles. The van der Waals surface area contributed by atoms with Gasteiger partial charge in [0.25, 0.3) is 5.91 Å². The van der Waals surface area contributed by atoms with E-state index >= 15 is 0 Å². The zero-order valence-electron chi connectivity index (χ0n) is 14.4. The number of carbonyl (C=O) groups excluding carboxylic acids is 1. The minimum Gasteiger partial charge on any atom is -0.388 e. The third kappa shape index (κ3) is 3.33. The molecule has 1 saturated heterocycles. The van der Waals surface area contributed by atoms with Crippen molar-refractivity contribution >= 4 is 5.91 Å². The average molecular weight is 332 g/mol. The van der Waals surface area contributed by atoms with Crippen molar-refractivity contribution in [2.75, 3.05) is 13.1 Å². The lowest BCUT2D eigenvalue weighted by Gasteiger charge is -2.38. The number of piperidine rings is 1. The fraction of sp³-hybridized carbons (Fsp3) is 0.625. The molecule has 2 aromatic rings. The Bertz CT molecular complexity index is 722. The molecule has 0 spiro atoms. The molecule has 1 unspecified atom stereocenters. The predicted octanol–water partition coefficient (Wildman–Crippen LogP) is 0.871. The Kier molecular flexibility index (Phi) is 4.40. The van der Waals surface area contributed by atoms with Crippen LogP contribution >= 0.6 is 0 Å². The first kappa shape index (κ1) is 16.6. The summed E-state index contributed by atoms with van der Waals surface area (Å²) in [5.41, 5.74) is 0.359. The number of aromatic nitrogens is 5. The van der Waals surface area contributed by atoms with Crippen molar-refractivity contribution in [3.8, 4) is 0 Å². The van der Waals surface area contributed by atoms with Crippen molar-refractivity contribution < 1.29 is 9.90 Å². The molecule has 2 aromatic heterocycles. The van der Waals surface area contributed by atoms with Gasteiger partial charge in [0.2, 0.25) is 0 Å². The average Bonchev–Trinajstić information content (AvgIpc) is 3.16. The van der Waals surface area contributed by atoms with Crippen molar-refractivity contribution in [2.45, 2.75) is 44.6 Å². The minimum atomic E-state index is -0.980. The topological polar surface area (TPSA) is 99.9 Å². The summed E-state index contributed by atoms with van der Waals surface area (Å²) in [6.07, 6.45) is 3.38. The van der Waals surface area contributed by atoms with Crippen LogP contribution < -0.4 is 0 Å². The second-order valence-corrected chi connectivity index (χ2v) is 6.95. The van der Waals surface area contributed by atoms with Crippen LogP contribution in [0.25, 0.3) is 0 Å². The number of nitrogens with zero attached hydrogens (tertiary/aromatic N) is 5. The van der Waals surface area contributed by atoms with E-state index in [1.165, 1.54) is 0 Å². The normalized spacial score (nSPS) is 21.5. The number of nitrogens with one attached hydrogen (secondary N) is 1. The quantitative estimate of drug-likeness (QED) is 0.865. The summed E-state index contributed by atoms with van der Waals surface area (Å²) < 4.78 is 1.79. The number of β-amino-alcohol motifs (C(OH)–C–C–N with tert-alkyl or cyclic N) is 1. The predicted molar refractivity (Wildman–Crippen MR) is 87.5 cm³/mol. The van der Waals surface area contributed by atoms with Crippen LogP contribution in [0, 0.1) is 0 Å². The van der Waals surface area contributed by atoms with E-state index in [9.17, 15) is 9.90 Å². The number of rotatable bonds is 4. The van der Waals surface area contributed by atoms with E-state index in [0.717, 1.165) is 12.1 Å². The molecule has 0 radical (unpaired) electrons. The number of hydrogen-bond donors (Lipinski definition) is 2.